The molecule has 0 unspecified atom stereocenters. The van der Waals surface area contributed by atoms with E-state index in [9.17, 15) is 0 Å². The third-order valence-electron chi connectivity index (χ3n) is 3.38. The minimum absolute atomic E-state index is 0.503. The van der Waals surface area contributed by atoms with Gasteiger partial charge in [0.1, 0.15) is 11.5 Å². The van der Waals surface area contributed by atoms with Crippen LogP contribution < -0.4 is 0 Å². The highest BCUT2D eigenvalue weighted by atomic mass is 16.5. The summed E-state index contributed by atoms with van der Waals surface area (Å²) < 4.78 is 16.2. The highest BCUT2D eigenvalue weighted by molar-refractivity contribution is 5.01. The predicted molar refractivity (Wildman–Crippen MR) is 83.2 cm³/mol. The van der Waals surface area contributed by atoms with Gasteiger partial charge in [0.2, 0.25) is 5.89 Å². The molecule has 0 aliphatic heterocycles. The van der Waals surface area contributed by atoms with E-state index in [1.807, 2.05) is 24.3 Å². The molecule has 6 nitrogen and oxygen atoms in total. The van der Waals surface area contributed by atoms with Crippen LogP contribution in [0.4, 0.5) is 0 Å². The summed E-state index contributed by atoms with van der Waals surface area (Å²) in [7, 11) is 0. The van der Waals surface area contributed by atoms with Crippen molar-refractivity contribution in [1.82, 2.24) is 15.0 Å². The quantitative estimate of drug-likeness (QED) is 0.632. The van der Waals surface area contributed by atoms with Crippen LogP contribution in [0.3, 0.4) is 0 Å². The summed E-state index contributed by atoms with van der Waals surface area (Å²) in [5, 5.41) is 4.04. The molecular formula is C17H21N3O3. The van der Waals surface area contributed by atoms with E-state index in [0.717, 1.165) is 23.8 Å². The van der Waals surface area contributed by atoms with Gasteiger partial charge < -0.3 is 13.4 Å². The first-order valence-corrected chi connectivity index (χ1v) is 7.77. The van der Waals surface area contributed by atoms with Gasteiger partial charge in [-0.3, -0.25) is 4.90 Å². The van der Waals surface area contributed by atoms with Gasteiger partial charge in [-0.2, -0.15) is 4.98 Å². The zero-order valence-electron chi connectivity index (χ0n) is 13.4. The fourth-order valence-corrected chi connectivity index (χ4v) is 2.41. The minimum atomic E-state index is 0.503. The summed E-state index contributed by atoms with van der Waals surface area (Å²) in [4.78, 5) is 6.61. The fraction of sp³-hybridized carbons (Fsp3) is 0.412. The molecule has 0 bridgehead atoms. The smallest absolute Gasteiger partial charge is 0.240 e. The summed E-state index contributed by atoms with van der Waals surface area (Å²) >= 11 is 0. The van der Waals surface area contributed by atoms with Crippen molar-refractivity contribution < 1.29 is 13.4 Å². The molecule has 3 aromatic heterocycles. The Morgan fingerprint density at radius 2 is 1.65 bits per heavy atom. The van der Waals surface area contributed by atoms with E-state index in [1.54, 1.807) is 12.5 Å². The Labute approximate surface area is 135 Å². The van der Waals surface area contributed by atoms with E-state index in [4.69, 9.17) is 13.4 Å². The van der Waals surface area contributed by atoms with Crippen molar-refractivity contribution in [3.8, 4) is 0 Å². The third kappa shape index (κ3) is 4.56. The monoisotopic (exact) mass is 315 g/mol. The number of hydrogen-bond donors (Lipinski definition) is 0. The van der Waals surface area contributed by atoms with Crippen molar-refractivity contribution in [2.45, 2.75) is 39.9 Å². The van der Waals surface area contributed by atoms with Gasteiger partial charge in [-0.15, -0.1) is 0 Å². The van der Waals surface area contributed by atoms with E-state index < -0.39 is 0 Å². The Kier molecular flexibility index (Phi) is 4.92. The lowest BCUT2D eigenvalue weighted by Crippen LogP contribution is -2.22. The molecule has 0 aliphatic carbocycles. The van der Waals surface area contributed by atoms with Crippen LogP contribution in [0.2, 0.25) is 0 Å². The SMILES string of the molecule is CC(C)Cc1noc(CN(Cc2ccco2)Cc2ccco2)n1. The highest BCUT2D eigenvalue weighted by Gasteiger charge is 2.16. The zero-order chi connectivity index (χ0) is 16.1. The summed E-state index contributed by atoms with van der Waals surface area (Å²) in [5.41, 5.74) is 0. The molecule has 122 valence electrons. The molecule has 0 fully saturated rings. The van der Waals surface area contributed by atoms with E-state index in [0.29, 0.717) is 31.4 Å². The van der Waals surface area contributed by atoms with Gasteiger partial charge in [-0.1, -0.05) is 19.0 Å². The van der Waals surface area contributed by atoms with Gasteiger partial charge >= 0.3 is 0 Å². The van der Waals surface area contributed by atoms with Crippen molar-refractivity contribution in [2.24, 2.45) is 5.92 Å². The molecule has 3 rings (SSSR count). The van der Waals surface area contributed by atoms with Crippen LogP contribution in [0, 0.1) is 5.92 Å². The van der Waals surface area contributed by atoms with E-state index in [1.165, 1.54) is 0 Å². The van der Waals surface area contributed by atoms with Gasteiger partial charge in [0, 0.05) is 6.42 Å². The molecular weight excluding hydrogens is 294 g/mol. The summed E-state index contributed by atoms with van der Waals surface area (Å²) in [6.45, 7) is 6.12. The molecule has 3 heterocycles. The molecule has 0 aromatic carbocycles. The number of nitrogens with zero attached hydrogens (tertiary/aromatic N) is 3. The first-order chi connectivity index (χ1) is 11.2. The van der Waals surface area contributed by atoms with Gasteiger partial charge in [-0.25, -0.2) is 0 Å². The molecule has 6 heteroatoms. The maximum absolute atomic E-state index is 5.44. The van der Waals surface area contributed by atoms with Gasteiger partial charge in [0.05, 0.1) is 32.2 Å². The predicted octanol–water partition coefficient (Wildman–Crippen LogP) is 3.66. The average Bonchev–Trinajstić information content (AvgIpc) is 3.22. The van der Waals surface area contributed by atoms with Crippen LogP contribution in [-0.4, -0.2) is 15.0 Å². The Bertz CT molecular complexity index is 650. The number of furan rings is 2. The van der Waals surface area contributed by atoms with Crippen molar-refractivity contribution in [1.29, 1.82) is 0 Å². The van der Waals surface area contributed by atoms with E-state index in [-0.39, 0.29) is 0 Å². The average molecular weight is 315 g/mol. The Morgan fingerprint density at radius 1 is 1.00 bits per heavy atom. The molecule has 0 aliphatic rings. The molecule has 0 radical (unpaired) electrons. The second kappa shape index (κ2) is 7.28. The number of aromatic nitrogens is 2. The molecule has 0 saturated carbocycles. The third-order valence-corrected chi connectivity index (χ3v) is 3.38. The molecule has 23 heavy (non-hydrogen) atoms. The van der Waals surface area contributed by atoms with Gasteiger partial charge in [0.15, 0.2) is 5.82 Å². The summed E-state index contributed by atoms with van der Waals surface area (Å²) in [6, 6.07) is 7.67. The van der Waals surface area contributed by atoms with Crippen molar-refractivity contribution in [3.63, 3.8) is 0 Å². The second-order valence-corrected chi connectivity index (χ2v) is 6.01. The standard InChI is InChI=1S/C17H21N3O3/c1-13(2)9-16-18-17(23-19-16)12-20(10-14-5-3-7-21-14)11-15-6-4-8-22-15/h3-8,13H,9-12H2,1-2H3. The lowest BCUT2D eigenvalue weighted by atomic mass is 10.1. The second-order valence-electron chi connectivity index (χ2n) is 6.01. The number of rotatable bonds is 8. The van der Waals surface area contributed by atoms with Crippen molar-refractivity contribution in [3.05, 3.63) is 60.0 Å². The first-order valence-electron chi connectivity index (χ1n) is 7.77. The molecule has 0 atom stereocenters. The maximum Gasteiger partial charge on any atom is 0.240 e. The molecule has 0 saturated heterocycles. The van der Waals surface area contributed by atoms with Crippen LogP contribution in [-0.2, 0) is 26.1 Å². The van der Waals surface area contributed by atoms with Gasteiger partial charge in [-0.05, 0) is 30.2 Å². The minimum Gasteiger partial charge on any atom is -0.468 e. The first kappa shape index (κ1) is 15.6. The fourth-order valence-electron chi connectivity index (χ4n) is 2.41. The van der Waals surface area contributed by atoms with Crippen LogP contribution in [0.1, 0.15) is 37.1 Å². The maximum atomic E-state index is 5.44. The summed E-state index contributed by atoms with van der Waals surface area (Å²) in [6.07, 6.45) is 4.17. The lowest BCUT2D eigenvalue weighted by Gasteiger charge is -2.17. The zero-order valence-corrected chi connectivity index (χ0v) is 13.4. The van der Waals surface area contributed by atoms with Gasteiger partial charge in [0.25, 0.3) is 0 Å². The Hall–Kier alpha value is -2.34. The highest BCUT2D eigenvalue weighted by Crippen LogP contribution is 2.14. The van der Waals surface area contributed by atoms with Crippen LogP contribution in [0.5, 0.6) is 0 Å². The van der Waals surface area contributed by atoms with Crippen LogP contribution in [0.15, 0.2) is 50.1 Å². The number of hydrogen-bond acceptors (Lipinski definition) is 6. The molecule has 0 amide bonds. The van der Waals surface area contributed by atoms with E-state index in [2.05, 4.69) is 28.9 Å². The Balaban J connectivity index is 1.68. The van der Waals surface area contributed by atoms with E-state index >= 15 is 0 Å². The molecule has 0 N–H and O–H groups in total. The van der Waals surface area contributed by atoms with Crippen molar-refractivity contribution >= 4 is 0 Å². The largest absolute Gasteiger partial charge is 0.468 e. The molecule has 3 aromatic rings. The van der Waals surface area contributed by atoms with Crippen LogP contribution >= 0.6 is 0 Å². The summed E-state index contributed by atoms with van der Waals surface area (Å²) in [5.74, 6) is 3.64. The van der Waals surface area contributed by atoms with Crippen molar-refractivity contribution in [2.75, 3.05) is 0 Å². The van der Waals surface area contributed by atoms with Crippen LogP contribution in [0.25, 0.3) is 0 Å². The normalized spacial score (nSPS) is 11.7. The molecule has 0 spiro atoms. The Morgan fingerprint density at radius 3 is 2.17 bits per heavy atom. The topological polar surface area (TPSA) is 68.4 Å². The lowest BCUT2D eigenvalue weighted by molar-refractivity contribution is 0.183.